The predicted molar refractivity (Wildman–Crippen MR) is 56.6 cm³/mol. The zero-order chi connectivity index (χ0) is 11.6. The Bertz CT molecular complexity index is 451. The van der Waals surface area contributed by atoms with Gasteiger partial charge in [0, 0.05) is 10.8 Å². The minimum absolute atomic E-state index is 0.0507. The lowest BCUT2D eigenvalue weighted by molar-refractivity contribution is 0.0214. The van der Waals surface area contributed by atoms with E-state index in [0.717, 1.165) is 0 Å². The smallest absolute Gasteiger partial charge is 0.289 e. The van der Waals surface area contributed by atoms with Gasteiger partial charge in [-0.2, -0.15) is 8.42 Å². The van der Waals surface area contributed by atoms with Gasteiger partial charge in [-0.25, -0.2) is 0 Å². The van der Waals surface area contributed by atoms with Crippen LogP contribution in [0.25, 0.3) is 0 Å². The maximum atomic E-state index is 10.4. The molecule has 8 heteroatoms. The Morgan fingerprint density at radius 2 is 2.25 bits per heavy atom. The van der Waals surface area contributed by atoms with Crippen LogP contribution in [-0.4, -0.2) is 38.2 Å². The summed E-state index contributed by atoms with van der Waals surface area (Å²) in [6.07, 6.45) is -0.358. The zero-order valence-corrected chi connectivity index (χ0v) is 9.79. The summed E-state index contributed by atoms with van der Waals surface area (Å²) in [4.78, 5) is 0. The molecule has 0 saturated heterocycles. The van der Waals surface area contributed by atoms with Gasteiger partial charge in [-0.3, -0.25) is 4.55 Å². The van der Waals surface area contributed by atoms with Crippen molar-refractivity contribution < 1.29 is 27.2 Å². The molecule has 2 rings (SSSR count). The van der Waals surface area contributed by atoms with Gasteiger partial charge < -0.3 is 14.2 Å². The van der Waals surface area contributed by atoms with Crippen LogP contribution >= 0.6 is 11.3 Å². The highest BCUT2D eigenvalue weighted by Gasteiger charge is 2.22. The molecule has 1 aliphatic rings. The number of hydrogen-bond donors (Lipinski definition) is 1. The van der Waals surface area contributed by atoms with Crippen molar-refractivity contribution >= 4 is 21.5 Å². The number of rotatable bonds is 4. The Morgan fingerprint density at radius 1 is 1.50 bits per heavy atom. The first-order valence-corrected chi connectivity index (χ1v) is 6.98. The maximum Gasteiger partial charge on any atom is 0.289 e. The average molecular weight is 266 g/mol. The van der Waals surface area contributed by atoms with E-state index in [-0.39, 0.29) is 12.7 Å². The van der Waals surface area contributed by atoms with E-state index in [2.05, 4.69) is 0 Å². The number of thiophene rings is 1. The molecular formula is C8H10O6S2. The van der Waals surface area contributed by atoms with E-state index in [4.69, 9.17) is 18.8 Å². The first-order valence-electron chi connectivity index (χ1n) is 4.43. The Balaban J connectivity index is 1.81. The summed E-state index contributed by atoms with van der Waals surface area (Å²) in [7, 11) is -4.09. The van der Waals surface area contributed by atoms with Crippen LogP contribution in [0.15, 0.2) is 10.8 Å². The fourth-order valence-electron chi connectivity index (χ4n) is 1.23. The summed E-state index contributed by atoms with van der Waals surface area (Å²) >= 11 is 1.46. The molecule has 1 atom stereocenters. The largest absolute Gasteiger partial charge is 0.485 e. The standard InChI is InChI=1S/C8H10O6S2/c9-16(10,11)5-12-1-6-2-13-7-3-15-4-8(7)14-6/h3-4,6H,1-2,5H2,(H,9,10,11). The second-order valence-corrected chi connectivity index (χ2v) is 5.36. The molecule has 1 N–H and O–H groups in total. The topological polar surface area (TPSA) is 82.1 Å². The van der Waals surface area contributed by atoms with Crippen LogP contribution < -0.4 is 9.47 Å². The van der Waals surface area contributed by atoms with Gasteiger partial charge in [-0.15, -0.1) is 11.3 Å². The molecule has 0 amide bonds. The second kappa shape index (κ2) is 4.58. The van der Waals surface area contributed by atoms with Crippen molar-refractivity contribution in [2.75, 3.05) is 19.2 Å². The molecule has 0 aliphatic carbocycles. The fraction of sp³-hybridized carbons (Fsp3) is 0.500. The van der Waals surface area contributed by atoms with Gasteiger partial charge in [0.05, 0.1) is 6.61 Å². The minimum Gasteiger partial charge on any atom is -0.485 e. The van der Waals surface area contributed by atoms with E-state index in [1.807, 2.05) is 5.38 Å². The monoisotopic (exact) mass is 266 g/mol. The molecule has 16 heavy (non-hydrogen) atoms. The van der Waals surface area contributed by atoms with Crippen molar-refractivity contribution in [1.29, 1.82) is 0 Å². The highest BCUT2D eigenvalue weighted by molar-refractivity contribution is 7.85. The molecule has 1 aliphatic heterocycles. The van der Waals surface area contributed by atoms with E-state index in [1.165, 1.54) is 11.3 Å². The molecule has 0 fully saturated rings. The Labute approximate surface area is 96.5 Å². The Hall–Kier alpha value is -0.830. The van der Waals surface area contributed by atoms with Crippen molar-refractivity contribution in [3.63, 3.8) is 0 Å². The van der Waals surface area contributed by atoms with Gasteiger partial charge in [0.15, 0.2) is 23.5 Å². The fourth-order valence-corrected chi connectivity index (χ4v) is 2.21. The summed E-state index contributed by atoms with van der Waals surface area (Å²) < 4.78 is 44.8. The molecular weight excluding hydrogens is 256 g/mol. The van der Waals surface area contributed by atoms with Crippen LogP contribution in [0.1, 0.15) is 0 Å². The van der Waals surface area contributed by atoms with Crippen LogP contribution in [0.4, 0.5) is 0 Å². The highest BCUT2D eigenvalue weighted by atomic mass is 32.2. The van der Waals surface area contributed by atoms with Crippen LogP contribution in [0.3, 0.4) is 0 Å². The van der Waals surface area contributed by atoms with Crippen LogP contribution in [0, 0.1) is 0 Å². The van der Waals surface area contributed by atoms with Crippen molar-refractivity contribution in [1.82, 2.24) is 0 Å². The average Bonchev–Trinajstić information content (AvgIpc) is 2.62. The third-order valence-electron chi connectivity index (χ3n) is 1.85. The van der Waals surface area contributed by atoms with E-state index in [1.54, 1.807) is 5.38 Å². The molecule has 0 aromatic carbocycles. The van der Waals surface area contributed by atoms with Crippen molar-refractivity contribution in [2.45, 2.75) is 6.10 Å². The number of fused-ring (bicyclic) bond motifs is 1. The highest BCUT2D eigenvalue weighted by Crippen LogP contribution is 2.35. The summed E-state index contributed by atoms with van der Waals surface area (Å²) in [6, 6.07) is 0. The molecule has 0 saturated carbocycles. The zero-order valence-electron chi connectivity index (χ0n) is 8.16. The van der Waals surface area contributed by atoms with E-state index in [0.29, 0.717) is 18.1 Å². The SMILES string of the molecule is O=S(=O)(O)COCC1COc2cscc2O1. The predicted octanol–water partition coefficient (Wildman–Crippen LogP) is 0.750. The lowest BCUT2D eigenvalue weighted by Crippen LogP contribution is -2.33. The van der Waals surface area contributed by atoms with Gasteiger partial charge in [0.25, 0.3) is 10.1 Å². The van der Waals surface area contributed by atoms with Crippen LogP contribution in [-0.2, 0) is 14.9 Å². The number of hydrogen-bond acceptors (Lipinski definition) is 6. The lowest BCUT2D eigenvalue weighted by atomic mass is 10.3. The first-order chi connectivity index (χ1) is 7.54. The quantitative estimate of drug-likeness (QED) is 0.810. The second-order valence-electron chi connectivity index (χ2n) is 3.22. The molecule has 0 bridgehead atoms. The van der Waals surface area contributed by atoms with Gasteiger partial charge in [0.2, 0.25) is 0 Å². The molecule has 2 heterocycles. The van der Waals surface area contributed by atoms with Crippen molar-refractivity contribution in [3.8, 4) is 11.5 Å². The molecule has 1 aromatic heterocycles. The van der Waals surface area contributed by atoms with Crippen molar-refractivity contribution in [2.24, 2.45) is 0 Å². The van der Waals surface area contributed by atoms with Gasteiger partial charge in [-0.1, -0.05) is 0 Å². The lowest BCUT2D eigenvalue weighted by Gasteiger charge is -2.23. The molecule has 1 aromatic rings. The van der Waals surface area contributed by atoms with Gasteiger partial charge in [0.1, 0.15) is 6.61 Å². The molecule has 90 valence electrons. The molecule has 1 unspecified atom stereocenters. The summed E-state index contributed by atoms with van der Waals surface area (Å²) in [6.45, 7) is 0.351. The maximum absolute atomic E-state index is 10.4. The molecule has 6 nitrogen and oxygen atoms in total. The van der Waals surface area contributed by atoms with E-state index in [9.17, 15) is 8.42 Å². The van der Waals surface area contributed by atoms with Gasteiger partial charge >= 0.3 is 0 Å². The first kappa shape index (κ1) is 11.6. The third kappa shape index (κ3) is 3.08. The van der Waals surface area contributed by atoms with Crippen molar-refractivity contribution in [3.05, 3.63) is 10.8 Å². The van der Waals surface area contributed by atoms with Crippen LogP contribution in [0.5, 0.6) is 11.5 Å². The number of ether oxygens (including phenoxy) is 3. The third-order valence-corrected chi connectivity index (χ3v) is 3.01. The van der Waals surface area contributed by atoms with E-state index >= 15 is 0 Å². The Morgan fingerprint density at radius 3 is 3.00 bits per heavy atom. The minimum atomic E-state index is -4.09. The van der Waals surface area contributed by atoms with E-state index < -0.39 is 16.1 Å². The summed E-state index contributed by atoms with van der Waals surface area (Å²) in [5.74, 6) is 0.594. The van der Waals surface area contributed by atoms with Gasteiger partial charge in [-0.05, 0) is 0 Å². The molecule has 0 spiro atoms. The summed E-state index contributed by atoms with van der Waals surface area (Å²) in [5.41, 5.74) is 0. The van der Waals surface area contributed by atoms with Crippen LogP contribution in [0.2, 0.25) is 0 Å². The Kier molecular flexibility index (Phi) is 3.33. The normalized spacial score (nSPS) is 19.7. The summed E-state index contributed by atoms with van der Waals surface area (Å²) in [5, 5.41) is 3.62. The molecule has 0 radical (unpaired) electrons.